The fraction of sp³-hybridized carbons (Fsp3) is 0.636. The fourth-order valence-corrected chi connectivity index (χ4v) is 1.43. The maximum Gasteiger partial charge on any atom is 0.315 e. The maximum atomic E-state index is 11.5. The average Bonchev–Trinajstić information content (AvgIpc) is 2.57. The molecular formula is C11H20N4O2. The van der Waals surface area contributed by atoms with Crippen LogP contribution in [0.1, 0.15) is 24.6 Å². The number of nitrogens with one attached hydrogen (secondary N) is 2. The smallest absolute Gasteiger partial charge is 0.315 e. The Morgan fingerprint density at radius 1 is 1.65 bits per heavy atom. The number of urea groups is 1. The molecule has 0 radical (unpaired) electrons. The van der Waals surface area contributed by atoms with Gasteiger partial charge in [-0.15, -0.1) is 0 Å². The van der Waals surface area contributed by atoms with E-state index in [1.807, 2.05) is 20.9 Å². The molecule has 0 saturated heterocycles. The standard InChI is InChI=1S/C11H20N4O2/c1-8(4-5-16)14-11(17)12-6-10-7-13-15(3)9(10)2/h7-8,16H,4-6H2,1-3H3,(H2,12,14,17)/t8-/m1/s1. The van der Waals surface area contributed by atoms with Crippen molar-refractivity contribution in [3.8, 4) is 0 Å². The Morgan fingerprint density at radius 2 is 2.35 bits per heavy atom. The minimum atomic E-state index is -0.228. The van der Waals surface area contributed by atoms with Crippen molar-refractivity contribution in [3.63, 3.8) is 0 Å². The van der Waals surface area contributed by atoms with Crippen LogP contribution in [0.15, 0.2) is 6.20 Å². The van der Waals surface area contributed by atoms with Gasteiger partial charge < -0.3 is 15.7 Å². The number of aliphatic hydroxyl groups is 1. The zero-order valence-corrected chi connectivity index (χ0v) is 10.5. The number of nitrogens with zero attached hydrogens (tertiary/aromatic N) is 2. The van der Waals surface area contributed by atoms with Gasteiger partial charge in [0.1, 0.15) is 0 Å². The van der Waals surface area contributed by atoms with Crippen molar-refractivity contribution in [2.75, 3.05) is 6.61 Å². The highest BCUT2D eigenvalue weighted by Gasteiger charge is 2.08. The predicted molar refractivity (Wildman–Crippen MR) is 64.5 cm³/mol. The molecule has 2 amide bonds. The van der Waals surface area contributed by atoms with Crippen LogP contribution < -0.4 is 10.6 Å². The van der Waals surface area contributed by atoms with Crippen molar-refractivity contribution >= 4 is 6.03 Å². The van der Waals surface area contributed by atoms with Crippen LogP contribution in [0.5, 0.6) is 0 Å². The van der Waals surface area contributed by atoms with Gasteiger partial charge in [0.05, 0.1) is 6.20 Å². The van der Waals surface area contributed by atoms with Crippen LogP contribution in [-0.2, 0) is 13.6 Å². The Bertz CT molecular complexity index is 376. The number of amides is 2. The number of aryl methyl sites for hydroxylation is 1. The minimum Gasteiger partial charge on any atom is -0.396 e. The van der Waals surface area contributed by atoms with Gasteiger partial charge in [-0.25, -0.2) is 4.79 Å². The van der Waals surface area contributed by atoms with Crippen LogP contribution in [0.2, 0.25) is 0 Å². The van der Waals surface area contributed by atoms with Crippen molar-refractivity contribution in [1.82, 2.24) is 20.4 Å². The van der Waals surface area contributed by atoms with E-state index in [0.717, 1.165) is 11.3 Å². The molecule has 0 saturated carbocycles. The van der Waals surface area contributed by atoms with Crippen molar-refractivity contribution in [1.29, 1.82) is 0 Å². The number of rotatable bonds is 5. The van der Waals surface area contributed by atoms with Crippen LogP contribution in [0, 0.1) is 6.92 Å². The van der Waals surface area contributed by atoms with Gasteiger partial charge in [-0.1, -0.05) is 0 Å². The van der Waals surface area contributed by atoms with Crippen LogP contribution in [0.25, 0.3) is 0 Å². The van der Waals surface area contributed by atoms with Crippen LogP contribution >= 0.6 is 0 Å². The lowest BCUT2D eigenvalue weighted by atomic mass is 10.2. The maximum absolute atomic E-state index is 11.5. The third-order valence-electron chi connectivity index (χ3n) is 2.72. The van der Waals surface area contributed by atoms with Crippen molar-refractivity contribution in [2.45, 2.75) is 32.9 Å². The number of carbonyl (C=O) groups excluding carboxylic acids is 1. The molecular weight excluding hydrogens is 220 g/mol. The molecule has 1 aromatic heterocycles. The molecule has 1 aromatic rings. The lowest BCUT2D eigenvalue weighted by molar-refractivity contribution is 0.230. The Labute approximate surface area is 101 Å². The number of hydrogen-bond donors (Lipinski definition) is 3. The summed E-state index contributed by atoms with van der Waals surface area (Å²) in [6.07, 6.45) is 2.30. The molecule has 1 atom stereocenters. The molecule has 96 valence electrons. The van der Waals surface area contributed by atoms with E-state index in [1.54, 1.807) is 10.9 Å². The Hall–Kier alpha value is -1.56. The summed E-state index contributed by atoms with van der Waals surface area (Å²) in [5.41, 5.74) is 2.03. The second kappa shape index (κ2) is 6.24. The van der Waals surface area contributed by atoms with Crippen molar-refractivity contribution < 1.29 is 9.90 Å². The predicted octanol–water partition coefficient (Wildman–Crippen LogP) is 0.299. The van der Waals surface area contributed by atoms with Crippen molar-refractivity contribution in [3.05, 3.63) is 17.5 Å². The monoisotopic (exact) mass is 240 g/mol. The van der Waals surface area contributed by atoms with Gasteiger partial charge in [-0.05, 0) is 20.3 Å². The lowest BCUT2D eigenvalue weighted by Crippen LogP contribution is -2.40. The molecule has 0 aliphatic heterocycles. The highest BCUT2D eigenvalue weighted by atomic mass is 16.3. The molecule has 1 heterocycles. The van der Waals surface area contributed by atoms with E-state index < -0.39 is 0 Å². The van der Waals surface area contributed by atoms with Gasteiger partial charge in [0.25, 0.3) is 0 Å². The van der Waals surface area contributed by atoms with E-state index in [0.29, 0.717) is 13.0 Å². The second-order valence-electron chi connectivity index (χ2n) is 4.12. The second-order valence-corrected chi connectivity index (χ2v) is 4.12. The van der Waals surface area contributed by atoms with Crippen molar-refractivity contribution in [2.24, 2.45) is 7.05 Å². The molecule has 1 rings (SSSR count). The highest BCUT2D eigenvalue weighted by Crippen LogP contribution is 2.04. The molecule has 0 aromatic carbocycles. The van der Waals surface area contributed by atoms with Gasteiger partial charge in [-0.2, -0.15) is 5.10 Å². The minimum absolute atomic E-state index is 0.0324. The summed E-state index contributed by atoms with van der Waals surface area (Å²) in [5.74, 6) is 0. The Kier molecular flexibility index (Phi) is 4.96. The molecule has 6 heteroatoms. The van der Waals surface area contributed by atoms with Gasteiger partial charge in [0.15, 0.2) is 0 Å². The van der Waals surface area contributed by atoms with Crippen LogP contribution in [0.4, 0.5) is 4.79 Å². The first-order valence-electron chi connectivity index (χ1n) is 5.67. The number of aliphatic hydroxyl groups excluding tert-OH is 1. The third-order valence-corrected chi connectivity index (χ3v) is 2.72. The highest BCUT2D eigenvalue weighted by molar-refractivity contribution is 5.74. The molecule has 0 spiro atoms. The summed E-state index contributed by atoms with van der Waals surface area (Å²) < 4.78 is 1.77. The summed E-state index contributed by atoms with van der Waals surface area (Å²) in [6, 6.07) is -0.260. The summed E-state index contributed by atoms with van der Waals surface area (Å²) in [6.45, 7) is 4.34. The van der Waals surface area contributed by atoms with Crippen LogP contribution in [0.3, 0.4) is 0 Å². The van der Waals surface area contributed by atoms with E-state index in [-0.39, 0.29) is 18.7 Å². The Balaban J connectivity index is 2.36. The number of aromatic nitrogens is 2. The zero-order chi connectivity index (χ0) is 12.8. The largest absolute Gasteiger partial charge is 0.396 e. The Morgan fingerprint density at radius 3 is 2.88 bits per heavy atom. The van der Waals surface area contributed by atoms with E-state index in [4.69, 9.17) is 5.11 Å². The van der Waals surface area contributed by atoms with Gasteiger partial charge in [0, 0.05) is 37.5 Å². The van der Waals surface area contributed by atoms with Gasteiger partial charge in [0.2, 0.25) is 0 Å². The quantitative estimate of drug-likeness (QED) is 0.692. The molecule has 0 unspecified atom stereocenters. The number of carbonyl (C=O) groups is 1. The normalized spacial score (nSPS) is 12.2. The molecule has 6 nitrogen and oxygen atoms in total. The molecule has 0 bridgehead atoms. The lowest BCUT2D eigenvalue weighted by Gasteiger charge is -2.13. The van der Waals surface area contributed by atoms with E-state index in [1.165, 1.54) is 0 Å². The summed E-state index contributed by atoms with van der Waals surface area (Å²) in [5, 5.41) is 18.3. The molecule has 0 aliphatic carbocycles. The SMILES string of the molecule is Cc1c(CNC(=O)N[C@H](C)CCO)cnn1C. The van der Waals surface area contributed by atoms with E-state index in [2.05, 4.69) is 15.7 Å². The van der Waals surface area contributed by atoms with E-state index in [9.17, 15) is 4.79 Å². The topological polar surface area (TPSA) is 79.2 Å². The first-order chi connectivity index (χ1) is 8.04. The molecule has 0 fully saturated rings. The fourth-order valence-electron chi connectivity index (χ4n) is 1.43. The summed E-state index contributed by atoms with van der Waals surface area (Å²) >= 11 is 0. The average molecular weight is 240 g/mol. The van der Waals surface area contributed by atoms with Gasteiger partial charge in [-0.3, -0.25) is 4.68 Å². The number of hydrogen-bond acceptors (Lipinski definition) is 3. The van der Waals surface area contributed by atoms with Crippen LogP contribution in [-0.4, -0.2) is 33.6 Å². The molecule has 17 heavy (non-hydrogen) atoms. The molecule has 3 N–H and O–H groups in total. The third kappa shape index (κ3) is 4.07. The molecule has 0 aliphatic rings. The van der Waals surface area contributed by atoms with Gasteiger partial charge >= 0.3 is 6.03 Å². The summed E-state index contributed by atoms with van der Waals surface area (Å²) in [4.78, 5) is 11.5. The summed E-state index contributed by atoms with van der Waals surface area (Å²) in [7, 11) is 1.86. The van der Waals surface area contributed by atoms with E-state index >= 15 is 0 Å². The zero-order valence-electron chi connectivity index (χ0n) is 10.5. The first kappa shape index (κ1) is 13.5. The first-order valence-corrected chi connectivity index (χ1v) is 5.67.